The minimum atomic E-state index is -0.298. The van der Waals surface area contributed by atoms with Gasteiger partial charge in [-0.05, 0) is 37.7 Å². The summed E-state index contributed by atoms with van der Waals surface area (Å²) in [6.45, 7) is 6.24. The standard InChI is InChI=1S/C19H23N5O3S/c1-11-3-4-13-14(9-11)28-18-16(13)17-21-23(19(26)24(17)12(2)20-18)10-15(25)22-5-7-27-8-6-22/h11H,3-10H2,1-2H3. The van der Waals surface area contributed by atoms with Crippen molar-refractivity contribution in [3.63, 3.8) is 0 Å². The molecule has 9 heteroatoms. The second-order valence-corrected chi connectivity index (χ2v) is 8.87. The van der Waals surface area contributed by atoms with Crippen LogP contribution in [0.15, 0.2) is 4.79 Å². The molecular weight excluding hydrogens is 378 g/mol. The normalized spacial score (nSPS) is 20.1. The van der Waals surface area contributed by atoms with Gasteiger partial charge in [0.15, 0.2) is 5.65 Å². The predicted molar refractivity (Wildman–Crippen MR) is 106 cm³/mol. The molecule has 1 aliphatic carbocycles. The number of carbonyl (C=O) groups excluding carboxylic acids is 1. The number of thiophene rings is 1. The van der Waals surface area contributed by atoms with E-state index in [1.54, 1.807) is 20.6 Å². The SMILES string of the molecule is Cc1nc2sc3c(c2c2nn(CC(=O)N4CCOCC4)c(=O)n12)CCC(C)C3. The summed E-state index contributed by atoms with van der Waals surface area (Å²) >= 11 is 1.72. The van der Waals surface area contributed by atoms with Gasteiger partial charge in [-0.15, -0.1) is 16.4 Å². The van der Waals surface area contributed by atoms with E-state index < -0.39 is 0 Å². The van der Waals surface area contributed by atoms with E-state index in [-0.39, 0.29) is 18.1 Å². The van der Waals surface area contributed by atoms with Crippen LogP contribution >= 0.6 is 11.3 Å². The zero-order chi connectivity index (χ0) is 19.4. The summed E-state index contributed by atoms with van der Waals surface area (Å²) in [7, 11) is 0. The number of hydrogen-bond acceptors (Lipinski definition) is 6. The van der Waals surface area contributed by atoms with Crippen LogP contribution in [0.3, 0.4) is 0 Å². The van der Waals surface area contributed by atoms with Crippen molar-refractivity contribution >= 4 is 33.1 Å². The number of ether oxygens (including phenoxy) is 1. The summed E-state index contributed by atoms with van der Waals surface area (Å²) < 4.78 is 8.14. The molecule has 0 aromatic carbocycles. The number of carbonyl (C=O) groups is 1. The summed E-state index contributed by atoms with van der Waals surface area (Å²) in [4.78, 5) is 34.3. The Kier molecular flexibility index (Phi) is 4.24. The summed E-state index contributed by atoms with van der Waals surface area (Å²) in [6.07, 6.45) is 3.19. The third kappa shape index (κ3) is 2.76. The van der Waals surface area contributed by atoms with Crippen molar-refractivity contribution in [2.24, 2.45) is 5.92 Å². The van der Waals surface area contributed by atoms with Gasteiger partial charge in [-0.3, -0.25) is 4.79 Å². The molecule has 0 saturated carbocycles. The summed E-state index contributed by atoms with van der Waals surface area (Å²) in [5.41, 5.74) is 1.62. The van der Waals surface area contributed by atoms with Crippen LogP contribution in [-0.4, -0.2) is 56.3 Å². The molecule has 0 radical (unpaired) electrons. The third-order valence-electron chi connectivity index (χ3n) is 5.79. The first-order valence-corrected chi connectivity index (χ1v) is 10.6. The number of aryl methyl sites for hydroxylation is 2. The highest BCUT2D eigenvalue weighted by Crippen LogP contribution is 2.38. The lowest BCUT2D eigenvalue weighted by Crippen LogP contribution is -2.43. The predicted octanol–water partition coefficient (Wildman–Crippen LogP) is 1.40. The molecule has 0 N–H and O–H groups in total. The van der Waals surface area contributed by atoms with E-state index in [9.17, 15) is 9.59 Å². The Balaban J connectivity index is 1.61. The summed E-state index contributed by atoms with van der Waals surface area (Å²) in [5, 5.41) is 5.58. The van der Waals surface area contributed by atoms with Gasteiger partial charge in [-0.1, -0.05) is 6.92 Å². The Morgan fingerprint density at radius 3 is 2.89 bits per heavy atom. The molecule has 0 spiro atoms. The van der Waals surface area contributed by atoms with Gasteiger partial charge in [0.05, 0.1) is 18.6 Å². The maximum Gasteiger partial charge on any atom is 0.352 e. The van der Waals surface area contributed by atoms with E-state index in [1.165, 1.54) is 15.1 Å². The Labute approximate surface area is 165 Å². The molecule has 0 bridgehead atoms. The minimum absolute atomic E-state index is 0.0508. The van der Waals surface area contributed by atoms with Crippen molar-refractivity contribution in [3.8, 4) is 0 Å². The average molecular weight is 401 g/mol. The van der Waals surface area contributed by atoms with Gasteiger partial charge in [-0.25, -0.2) is 18.9 Å². The second-order valence-electron chi connectivity index (χ2n) is 7.78. The molecule has 1 fully saturated rings. The quantitative estimate of drug-likeness (QED) is 0.648. The second kappa shape index (κ2) is 6.66. The molecule has 148 valence electrons. The fraction of sp³-hybridized carbons (Fsp3) is 0.579. The molecule has 1 saturated heterocycles. The van der Waals surface area contributed by atoms with Crippen LogP contribution in [-0.2, 0) is 28.9 Å². The van der Waals surface area contributed by atoms with E-state index in [1.807, 2.05) is 6.92 Å². The first kappa shape index (κ1) is 17.8. The molecule has 28 heavy (non-hydrogen) atoms. The highest BCUT2D eigenvalue weighted by molar-refractivity contribution is 7.19. The lowest BCUT2D eigenvalue weighted by molar-refractivity contribution is -0.136. The van der Waals surface area contributed by atoms with Crippen LogP contribution < -0.4 is 5.69 Å². The van der Waals surface area contributed by atoms with Crippen molar-refractivity contribution in [2.45, 2.75) is 39.7 Å². The van der Waals surface area contributed by atoms with Gasteiger partial charge in [0.25, 0.3) is 0 Å². The summed E-state index contributed by atoms with van der Waals surface area (Å²) in [6, 6.07) is 0. The third-order valence-corrected chi connectivity index (χ3v) is 6.94. The van der Waals surface area contributed by atoms with Crippen molar-refractivity contribution in [1.29, 1.82) is 0 Å². The van der Waals surface area contributed by atoms with Gasteiger partial charge >= 0.3 is 5.69 Å². The first-order valence-electron chi connectivity index (χ1n) is 9.79. The molecule has 1 atom stereocenters. The van der Waals surface area contributed by atoms with Crippen LogP contribution in [0, 0.1) is 12.8 Å². The molecule has 1 aliphatic heterocycles. The van der Waals surface area contributed by atoms with E-state index in [0.717, 1.165) is 29.5 Å². The molecule has 3 aromatic heterocycles. The molecule has 3 aromatic rings. The van der Waals surface area contributed by atoms with E-state index in [2.05, 4.69) is 12.0 Å². The number of fused-ring (bicyclic) bond motifs is 5. The Morgan fingerprint density at radius 1 is 1.32 bits per heavy atom. The van der Waals surface area contributed by atoms with Gasteiger partial charge in [0.2, 0.25) is 5.91 Å². The number of morpholine rings is 1. The zero-order valence-corrected chi connectivity index (χ0v) is 16.9. The monoisotopic (exact) mass is 401 g/mol. The summed E-state index contributed by atoms with van der Waals surface area (Å²) in [5.74, 6) is 1.18. The van der Waals surface area contributed by atoms with Crippen LogP contribution in [0.25, 0.3) is 15.9 Å². The minimum Gasteiger partial charge on any atom is -0.378 e. The van der Waals surface area contributed by atoms with E-state index >= 15 is 0 Å². The van der Waals surface area contributed by atoms with E-state index in [4.69, 9.17) is 9.72 Å². The maximum atomic E-state index is 13.0. The highest BCUT2D eigenvalue weighted by atomic mass is 32.1. The van der Waals surface area contributed by atoms with Crippen molar-refractivity contribution in [1.82, 2.24) is 24.1 Å². The van der Waals surface area contributed by atoms with Crippen LogP contribution in [0.1, 0.15) is 29.6 Å². The molecule has 2 aliphatic rings. The number of hydrogen-bond donors (Lipinski definition) is 0. The molecule has 8 nitrogen and oxygen atoms in total. The number of aromatic nitrogens is 4. The van der Waals surface area contributed by atoms with Crippen molar-refractivity contribution in [3.05, 3.63) is 26.7 Å². The average Bonchev–Trinajstić information content (AvgIpc) is 3.19. The van der Waals surface area contributed by atoms with E-state index in [0.29, 0.717) is 43.7 Å². The van der Waals surface area contributed by atoms with Gasteiger partial charge in [0.1, 0.15) is 17.2 Å². The number of amides is 1. The lowest BCUT2D eigenvalue weighted by Gasteiger charge is -2.26. The Hall–Kier alpha value is -2.26. The fourth-order valence-corrected chi connectivity index (χ4v) is 5.67. The van der Waals surface area contributed by atoms with Crippen molar-refractivity contribution in [2.75, 3.05) is 26.3 Å². The Morgan fingerprint density at radius 2 is 2.11 bits per heavy atom. The molecule has 1 unspecified atom stereocenters. The zero-order valence-electron chi connectivity index (χ0n) is 16.1. The number of rotatable bonds is 2. The van der Waals surface area contributed by atoms with Gasteiger partial charge in [0, 0.05) is 18.0 Å². The first-order chi connectivity index (χ1) is 13.5. The van der Waals surface area contributed by atoms with Gasteiger partial charge in [-0.2, -0.15) is 0 Å². The fourth-order valence-electron chi connectivity index (χ4n) is 4.25. The molecule has 1 amide bonds. The largest absolute Gasteiger partial charge is 0.378 e. The topological polar surface area (TPSA) is 81.7 Å². The van der Waals surface area contributed by atoms with Crippen LogP contribution in [0.2, 0.25) is 0 Å². The van der Waals surface area contributed by atoms with Crippen molar-refractivity contribution < 1.29 is 9.53 Å². The maximum absolute atomic E-state index is 13.0. The number of nitrogens with zero attached hydrogens (tertiary/aromatic N) is 5. The van der Waals surface area contributed by atoms with Gasteiger partial charge < -0.3 is 9.64 Å². The molecular formula is C19H23N5O3S. The molecule has 5 rings (SSSR count). The highest BCUT2D eigenvalue weighted by Gasteiger charge is 2.26. The lowest BCUT2D eigenvalue weighted by atomic mass is 9.89. The molecule has 4 heterocycles. The smallest absolute Gasteiger partial charge is 0.352 e. The Bertz CT molecular complexity index is 1140. The van der Waals surface area contributed by atoms with Crippen LogP contribution in [0.4, 0.5) is 0 Å². The van der Waals surface area contributed by atoms with Crippen LogP contribution in [0.5, 0.6) is 0 Å².